The van der Waals surface area contributed by atoms with Crippen LogP contribution in [0.4, 0.5) is 5.69 Å². The molecule has 1 unspecified atom stereocenters. The highest BCUT2D eigenvalue weighted by atomic mass is 35.5. The van der Waals surface area contributed by atoms with Crippen LogP contribution in [0.25, 0.3) is 0 Å². The van der Waals surface area contributed by atoms with Crippen molar-refractivity contribution in [3.05, 3.63) is 60.2 Å². The molecule has 26 heavy (non-hydrogen) atoms. The Balaban J connectivity index is 0.00000338. The highest BCUT2D eigenvalue weighted by Gasteiger charge is 2.21. The van der Waals surface area contributed by atoms with Gasteiger partial charge in [-0.25, -0.2) is 8.42 Å². The van der Waals surface area contributed by atoms with E-state index in [-0.39, 0.29) is 29.3 Å². The van der Waals surface area contributed by atoms with Crippen molar-refractivity contribution in [1.29, 1.82) is 0 Å². The zero-order chi connectivity index (χ0) is 18.4. The molecule has 0 aliphatic carbocycles. The van der Waals surface area contributed by atoms with Crippen LogP contribution in [0.2, 0.25) is 0 Å². The fourth-order valence-corrected chi connectivity index (χ4v) is 3.42. The summed E-state index contributed by atoms with van der Waals surface area (Å²) in [6, 6.07) is 14.7. The van der Waals surface area contributed by atoms with Crippen molar-refractivity contribution >= 4 is 34.0 Å². The van der Waals surface area contributed by atoms with Crippen LogP contribution < -0.4 is 15.4 Å². The van der Waals surface area contributed by atoms with Gasteiger partial charge in [0.25, 0.3) is 15.9 Å². The van der Waals surface area contributed by atoms with Gasteiger partial charge in [-0.3, -0.25) is 9.10 Å². The number of para-hydroxylation sites is 1. The molecule has 0 aliphatic rings. The van der Waals surface area contributed by atoms with E-state index in [4.69, 9.17) is 5.73 Å². The van der Waals surface area contributed by atoms with Crippen LogP contribution in [0.3, 0.4) is 0 Å². The Morgan fingerprint density at radius 2 is 1.69 bits per heavy atom. The Morgan fingerprint density at radius 3 is 2.23 bits per heavy atom. The van der Waals surface area contributed by atoms with Crippen molar-refractivity contribution in [3.8, 4) is 0 Å². The molecule has 0 heterocycles. The van der Waals surface area contributed by atoms with Crippen molar-refractivity contribution in [3.63, 3.8) is 0 Å². The summed E-state index contributed by atoms with van der Waals surface area (Å²) in [5, 5.41) is 2.76. The average molecular weight is 398 g/mol. The molecule has 2 rings (SSSR count). The van der Waals surface area contributed by atoms with E-state index in [0.717, 1.165) is 0 Å². The van der Waals surface area contributed by atoms with Crippen LogP contribution in [-0.4, -0.2) is 34.0 Å². The number of nitrogens with two attached hydrogens (primary N) is 1. The zero-order valence-corrected chi connectivity index (χ0v) is 16.4. The van der Waals surface area contributed by atoms with E-state index in [0.29, 0.717) is 24.2 Å². The standard InChI is InChI=1S/C18H23N3O3S.ClH/c1-14(19)12-13-20-18(22)15-8-10-17(11-9-15)25(23,24)21(2)16-6-4-3-5-7-16;/h3-11,14H,12-13,19H2,1-2H3,(H,20,22);1H. The molecule has 2 aromatic rings. The number of halogens is 1. The van der Waals surface area contributed by atoms with E-state index >= 15 is 0 Å². The third-order valence-electron chi connectivity index (χ3n) is 3.78. The van der Waals surface area contributed by atoms with Crippen molar-refractivity contribution in [2.45, 2.75) is 24.3 Å². The minimum Gasteiger partial charge on any atom is -0.352 e. The van der Waals surface area contributed by atoms with Gasteiger partial charge in [0.05, 0.1) is 10.6 Å². The maximum absolute atomic E-state index is 12.7. The molecule has 0 spiro atoms. The number of nitrogens with zero attached hydrogens (tertiary/aromatic N) is 1. The molecule has 1 amide bonds. The minimum absolute atomic E-state index is 0. The molecular formula is C18H24ClN3O3S. The molecule has 6 nitrogen and oxygen atoms in total. The average Bonchev–Trinajstić information content (AvgIpc) is 2.61. The summed E-state index contributed by atoms with van der Waals surface area (Å²) in [6.45, 7) is 2.35. The molecular weight excluding hydrogens is 374 g/mol. The number of benzene rings is 2. The molecule has 0 fully saturated rings. The van der Waals surface area contributed by atoms with E-state index in [9.17, 15) is 13.2 Å². The monoisotopic (exact) mass is 397 g/mol. The molecule has 0 aliphatic heterocycles. The maximum atomic E-state index is 12.7. The lowest BCUT2D eigenvalue weighted by atomic mass is 10.2. The summed E-state index contributed by atoms with van der Waals surface area (Å²) in [5.41, 5.74) is 6.62. The van der Waals surface area contributed by atoms with Crippen LogP contribution >= 0.6 is 12.4 Å². The van der Waals surface area contributed by atoms with Gasteiger partial charge in [-0.1, -0.05) is 18.2 Å². The largest absolute Gasteiger partial charge is 0.352 e. The highest BCUT2D eigenvalue weighted by Crippen LogP contribution is 2.21. The Morgan fingerprint density at radius 1 is 1.12 bits per heavy atom. The summed E-state index contributed by atoms with van der Waals surface area (Å²) in [5.74, 6) is -0.249. The molecule has 8 heteroatoms. The van der Waals surface area contributed by atoms with Crippen LogP contribution in [0, 0.1) is 0 Å². The Kier molecular flexibility index (Phi) is 8.08. The van der Waals surface area contributed by atoms with Gasteiger partial charge in [0.15, 0.2) is 0 Å². The molecule has 0 saturated carbocycles. The summed E-state index contributed by atoms with van der Waals surface area (Å²) in [7, 11) is -2.18. The first-order valence-electron chi connectivity index (χ1n) is 8.00. The Labute approximate surface area is 160 Å². The van der Waals surface area contributed by atoms with Gasteiger partial charge in [0.1, 0.15) is 0 Å². The van der Waals surface area contributed by atoms with Crippen LogP contribution in [-0.2, 0) is 10.0 Å². The van der Waals surface area contributed by atoms with E-state index in [1.165, 1.54) is 35.6 Å². The quantitative estimate of drug-likeness (QED) is 0.750. The second kappa shape index (κ2) is 9.56. The topological polar surface area (TPSA) is 92.5 Å². The normalized spacial score (nSPS) is 12.0. The smallest absolute Gasteiger partial charge is 0.264 e. The molecule has 0 saturated heterocycles. The lowest BCUT2D eigenvalue weighted by Crippen LogP contribution is -2.29. The summed E-state index contributed by atoms with van der Waals surface area (Å²) < 4.78 is 26.6. The second-order valence-electron chi connectivity index (χ2n) is 5.85. The van der Waals surface area contributed by atoms with Gasteiger partial charge in [-0.2, -0.15) is 0 Å². The minimum atomic E-state index is -3.68. The van der Waals surface area contributed by atoms with Crippen LogP contribution in [0.5, 0.6) is 0 Å². The van der Waals surface area contributed by atoms with E-state index < -0.39 is 10.0 Å². The van der Waals surface area contributed by atoms with Gasteiger partial charge < -0.3 is 11.1 Å². The van der Waals surface area contributed by atoms with Crippen molar-refractivity contribution < 1.29 is 13.2 Å². The molecule has 3 N–H and O–H groups in total. The first-order chi connectivity index (χ1) is 11.8. The lowest BCUT2D eigenvalue weighted by Gasteiger charge is -2.19. The van der Waals surface area contributed by atoms with E-state index in [1.807, 2.05) is 13.0 Å². The number of hydrogen-bond donors (Lipinski definition) is 2. The number of rotatable bonds is 7. The van der Waals surface area contributed by atoms with E-state index in [1.54, 1.807) is 24.3 Å². The molecule has 142 valence electrons. The Hall–Kier alpha value is -2.09. The first-order valence-corrected chi connectivity index (χ1v) is 9.44. The predicted molar refractivity (Wildman–Crippen MR) is 106 cm³/mol. The number of hydrogen-bond acceptors (Lipinski definition) is 4. The fourth-order valence-electron chi connectivity index (χ4n) is 2.23. The SMILES string of the molecule is CC(N)CCNC(=O)c1ccc(S(=O)(=O)N(C)c2ccccc2)cc1.Cl. The third-order valence-corrected chi connectivity index (χ3v) is 5.58. The Bertz CT molecular complexity index is 809. The molecule has 0 bridgehead atoms. The number of carbonyl (C=O) groups is 1. The van der Waals surface area contributed by atoms with Crippen LogP contribution in [0.15, 0.2) is 59.5 Å². The lowest BCUT2D eigenvalue weighted by molar-refractivity contribution is 0.0952. The maximum Gasteiger partial charge on any atom is 0.264 e. The molecule has 0 aromatic heterocycles. The van der Waals surface area contributed by atoms with Crippen LogP contribution in [0.1, 0.15) is 23.7 Å². The molecule has 0 radical (unpaired) electrons. The summed E-state index contributed by atoms with van der Waals surface area (Å²) in [6.07, 6.45) is 0.681. The number of sulfonamides is 1. The highest BCUT2D eigenvalue weighted by molar-refractivity contribution is 7.92. The van der Waals surface area contributed by atoms with Crippen molar-refractivity contribution in [1.82, 2.24) is 5.32 Å². The van der Waals surface area contributed by atoms with Gasteiger partial charge in [-0.05, 0) is 49.7 Å². The van der Waals surface area contributed by atoms with Gasteiger partial charge in [0.2, 0.25) is 0 Å². The van der Waals surface area contributed by atoms with Crippen molar-refractivity contribution in [2.24, 2.45) is 5.73 Å². The van der Waals surface area contributed by atoms with Gasteiger partial charge in [-0.15, -0.1) is 12.4 Å². The van der Waals surface area contributed by atoms with Crippen molar-refractivity contribution in [2.75, 3.05) is 17.9 Å². The van der Waals surface area contributed by atoms with Gasteiger partial charge in [0, 0.05) is 25.2 Å². The molecule has 2 aromatic carbocycles. The first kappa shape index (κ1) is 22.0. The predicted octanol–water partition coefficient (Wildman–Crippen LogP) is 2.40. The molecule has 1 atom stereocenters. The number of anilines is 1. The number of carbonyl (C=O) groups excluding carboxylic acids is 1. The third kappa shape index (κ3) is 5.45. The summed E-state index contributed by atoms with van der Waals surface area (Å²) >= 11 is 0. The second-order valence-corrected chi connectivity index (χ2v) is 7.82. The number of amides is 1. The fraction of sp³-hybridized carbons (Fsp3) is 0.278. The zero-order valence-electron chi connectivity index (χ0n) is 14.8. The van der Waals surface area contributed by atoms with E-state index in [2.05, 4.69) is 5.32 Å². The number of nitrogens with one attached hydrogen (secondary N) is 1. The summed E-state index contributed by atoms with van der Waals surface area (Å²) in [4.78, 5) is 12.2. The van der Waals surface area contributed by atoms with Gasteiger partial charge >= 0.3 is 0 Å².